The Bertz CT molecular complexity index is 958. The molecule has 176 valence electrons. The Morgan fingerprint density at radius 3 is 2.67 bits per heavy atom. The zero-order chi connectivity index (χ0) is 23.0. The summed E-state index contributed by atoms with van der Waals surface area (Å²) in [4.78, 5) is 41.8. The van der Waals surface area contributed by atoms with Crippen molar-refractivity contribution in [2.75, 3.05) is 56.2 Å². The molecule has 0 radical (unpaired) electrons. The van der Waals surface area contributed by atoms with Crippen molar-refractivity contribution in [1.29, 1.82) is 0 Å². The lowest BCUT2D eigenvalue weighted by molar-refractivity contribution is -0.131. The molecule has 0 saturated carbocycles. The second kappa shape index (κ2) is 8.89. The summed E-state index contributed by atoms with van der Waals surface area (Å²) in [6.07, 6.45) is 4.37. The molecule has 9 heteroatoms. The van der Waals surface area contributed by atoms with E-state index in [9.17, 15) is 14.4 Å². The lowest BCUT2D eigenvalue weighted by Crippen LogP contribution is -2.45. The summed E-state index contributed by atoms with van der Waals surface area (Å²) in [5.41, 5.74) is 0.638. The molecule has 1 aromatic carbocycles. The van der Waals surface area contributed by atoms with Crippen molar-refractivity contribution in [2.24, 2.45) is 11.8 Å². The van der Waals surface area contributed by atoms with Crippen LogP contribution in [-0.4, -0.2) is 80.3 Å². The number of anilines is 2. The Morgan fingerprint density at radius 1 is 1.18 bits per heavy atom. The Morgan fingerprint density at radius 2 is 1.94 bits per heavy atom. The van der Waals surface area contributed by atoms with Crippen LogP contribution < -0.4 is 15.5 Å². The van der Waals surface area contributed by atoms with E-state index in [4.69, 9.17) is 9.47 Å². The molecule has 4 aliphatic heterocycles. The molecule has 33 heavy (non-hydrogen) atoms. The molecule has 9 nitrogen and oxygen atoms in total. The molecular formula is C24H30N4O5. The van der Waals surface area contributed by atoms with Crippen LogP contribution in [0.2, 0.25) is 0 Å². The van der Waals surface area contributed by atoms with E-state index in [0.29, 0.717) is 18.8 Å². The normalized spacial score (nSPS) is 30.5. The van der Waals surface area contributed by atoms with E-state index in [1.54, 1.807) is 29.2 Å². The molecule has 4 heterocycles. The number of carbonyl (C=O) groups is 3. The van der Waals surface area contributed by atoms with Gasteiger partial charge in [-0.05, 0) is 37.2 Å². The fourth-order valence-electron chi connectivity index (χ4n) is 5.40. The molecule has 2 bridgehead atoms. The second-order valence-corrected chi connectivity index (χ2v) is 9.15. The second-order valence-electron chi connectivity index (χ2n) is 9.15. The highest BCUT2D eigenvalue weighted by Gasteiger charge is 2.67. The number of ether oxygens (including phenoxy) is 2. The minimum atomic E-state index is -0.756. The fraction of sp³-hybridized carbons (Fsp3) is 0.542. The molecule has 1 aromatic rings. The van der Waals surface area contributed by atoms with Crippen molar-refractivity contribution in [3.8, 4) is 0 Å². The lowest BCUT2D eigenvalue weighted by atomic mass is 9.77. The van der Waals surface area contributed by atoms with Gasteiger partial charge in [-0.25, -0.2) is 0 Å². The topological polar surface area (TPSA) is 100 Å². The zero-order valence-corrected chi connectivity index (χ0v) is 18.8. The van der Waals surface area contributed by atoms with Gasteiger partial charge in [-0.1, -0.05) is 12.2 Å². The van der Waals surface area contributed by atoms with Crippen molar-refractivity contribution in [3.05, 3.63) is 36.4 Å². The van der Waals surface area contributed by atoms with Gasteiger partial charge in [-0.3, -0.25) is 19.3 Å². The lowest BCUT2D eigenvalue weighted by Gasteiger charge is -2.27. The average molecular weight is 455 g/mol. The molecule has 3 fully saturated rings. The van der Waals surface area contributed by atoms with Gasteiger partial charge in [-0.2, -0.15) is 0 Å². The molecular weight excluding hydrogens is 424 g/mol. The number of benzene rings is 1. The zero-order valence-electron chi connectivity index (χ0n) is 18.8. The van der Waals surface area contributed by atoms with Crippen LogP contribution >= 0.6 is 0 Å². The monoisotopic (exact) mass is 454 g/mol. The molecule has 5 rings (SSSR count). The smallest absolute Gasteiger partial charge is 0.234 e. The third-order valence-electron chi connectivity index (χ3n) is 6.96. The summed E-state index contributed by atoms with van der Waals surface area (Å²) in [5, 5.41) is 5.76. The fourth-order valence-corrected chi connectivity index (χ4v) is 5.40. The van der Waals surface area contributed by atoms with Crippen LogP contribution in [0, 0.1) is 11.8 Å². The Kier molecular flexibility index (Phi) is 5.94. The number of hydrogen-bond acceptors (Lipinski definition) is 6. The number of amides is 3. The number of nitrogens with zero attached hydrogens (tertiary/aromatic N) is 2. The summed E-state index contributed by atoms with van der Waals surface area (Å²) in [7, 11) is 0. The van der Waals surface area contributed by atoms with E-state index in [0.717, 1.165) is 45.0 Å². The molecule has 2 unspecified atom stereocenters. The molecule has 4 aliphatic rings. The van der Waals surface area contributed by atoms with Gasteiger partial charge in [-0.15, -0.1) is 0 Å². The third-order valence-corrected chi connectivity index (χ3v) is 6.96. The quantitative estimate of drug-likeness (QED) is 0.466. The van der Waals surface area contributed by atoms with Crippen LogP contribution in [-0.2, 0) is 23.9 Å². The first-order chi connectivity index (χ1) is 16.0. The SMILES string of the molecule is CC(=O)Nc1ccc(N2C[C@]34C=C[C@@H](O3)C(C(=O)NCCCN3CCOCC3)C4C2=O)cc1. The van der Waals surface area contributed by atoms with E-state index in [2.05, 4.69) is 15.5 Å². The predicted molar refractivity (Wildman–Crippen MR) is 122 cm³/mol. The molecule has 3 saturated heterocycles. The standard InChI is InChI=1S/C24H30N4O5/c1-16(29)26-17-3-5-18(6-4-17)28-15-24-8-7-19(33-24)20(21(24)23(28)31)22(30)25-9-2-10-27-11-13-32-14-12-27/h3-8,19-21H,2,9-15H2,1H3,(H,25,30)(H,26,29)/t19-,20?,21?,24+/m1/s1. The van der Waals surface area contributed by atoms with Crippen molar-refractivity contribution in [1.82, 2.24) is 10.2 Å². The van der Waals surface area contributed by atoms with Crippen LogP contribution in [0.25, 0.3) is 0 Å². The maximum atomic E-state index is 13.4. The number of fused-ring (bicyclic) bond motifs is 1. The predicted octanol–water partition coefficient (Wildman–Crippen LogP) is 0.770. The summed E-state index contributed by atoms with van der Waals surface area (Å²) >= 11 is 0. The molecule has 2 N–H and O–H groups in total. The third kappa shape index (κ3) is 4.16. The summed E-state index contributed by atoms with van der Waals surface area (Å²) < 4.78 is 11.6. The number of hydrogen-bond donors (Lipinski definition) is 2. The van der Waals surface area contributed by atoms with Gasteiger partial charge in [0.15, 0.2) is 0 Å². The number of carbonyl (C=O) groups excluding carboxylic acids is 3. The van der Waals surface area contributed by atoms with E-state index in [-0.39, 0.29) is 23.8 Å². The Hall–Kier alpha value is -2.75. The van der Waals surface area contributed by atoms with Gasteiger partial charge in [0.2, 0.25) is 17.7 Å². The van der Waals surface area contributed by atoms with Crippen molar-refractivity contribution >= 4 is 29.1 Å². The van der Waals surface area contributed by atoms with Gasteiger partial charge in [0.1, 0.15) is 5.60 Å². The van der Waals surface area contributed by atoms with Gasteiger partial charge in [0.05, 0.1) is 37.7 Å². The van der Waals surface area contributed by atoms with Crippen LogP contribution in [0.1, 0.15) is 13.3 Å². The number of nitrogens with one attached hydrogen (secondary N) is 2. The van der Waals surface area contributed by atoms with Crippen molar-refractivity contribution < 1.29 is 23.9 Å². The van der Waals surface area contributed by atoms with Gasteiger partial charge in [0.25, 0.3) is 0 Å². The minimum Gasteiger partial charge on any atom is -0.379 e. The summed E-state index contributed by atoms with van der Waals surface area (Å²) in [6, 6.07) is 7.14. The largest absolute Gasteiger partial charge is 0.379 e. The highest BCUT2D eigenvalue weighted by atomic mass is 16.5. The van der Waals surface area contributed by atoms with Gasteiger partial charge < -0.3 is 25.0 Å². The van der Waals surface area contributed by atoms with Crippen molar-refractivity contribution in [2.45, 2.75) is 25.0 Å². The maximum Gasteiger partial charge on any atom is 0.234 e. The van der Waals surface area contributed by atoms with Gasteiger partial charge in [0, 0.05) is 37.9 Å². The average Bonchev–Trinajstić information content (AvgIpc) is 3.46. The summed E-state index contributed by atoms with van der Waals surface area (Å²) in [6.45, 7) is 6.70. The van der Waals surface area contributed by atoms with Crippen molar-refractivity contribution in [3.63, 3.8) is 0 Å². The molecule has 0 aliphatic carbocycles. The van der Waals surface area contributed by atoms with E-state index in [1.807, 2.05) is 12.2 Å². The highest BCUT2D eigenvalue weighted by molar-refractivity contribution is 6.03. The van der Waals surface area contributed by atoms with Crippen LogP contribution in [0.4, 0.5) is 11.4 Å². The first kappa shape index (κ1) is 22.1. The Balaban J connectivity index is 1.22. The van der Waals surface area contributed by atoms with Crippen LogP contribution in [0.15, 0.2) is 36.4 Å². The first-order valence-electron chi connectivity index (χ1n) is 11.6. The molecule has 1 spiro atoms. The van der Waals surface area contributed by atoms with Gasteiger partial charge >= 0.3 is 0 Å². The van der Waals surface area contributed by atoms with E-state index in [1.165, 1.54) is 6.92 Å². The van der Waals surface area contributed by atoms with E-state index < -0.39 is 17.4 Å². The highest BCUT2D eigenvalue weighted by Crippen LogP contribution is 2.52. The van der Waals surface area contributed by atoms with Crippen LogP contribution in [0.5, 0.6) is 0 Å². The number of morpholine rings is 1. The first-order valence-corrected chi connectivity index (χ1v) is 11.6. The molecule has 0 aromatic heterocycles. The van der Waals surface area contributed by atoms with E-state index >= 15 is 0 Å². The van der Waals surface area contributed by atoms with Crippen LogP contribution in [0.3, 0.4) is 0 Å². The molecule has 3 amide bonds. The number of rotatable bonds is 7. The maximum absolute atomic E-state index is 13.4. The molecule has 4 atom stereocenters. The summed E-state index contributed by atoms with van der Waals surface area (Å²) in [5.74, 6) is -1.41. The minimum absolute atomic E-state index is 0.0948. The Labute approximate surface area is 193 Å².